The molecule has 4 rings (SSSR count). The molecule has 0 unspecified atom stereocenters. The van der Waals surface area contributed by atoms with Crippen molar-refractivity contribution >= 4 is 44.3 Å². The van der Waals surface area contributed by atoms with Crippen LogP contribution >= 0.6 is 27.3 Å². The van der Waals surface area contributed by atoms with Gasteiger partial charge in [0.25, 0.3) is 0 Å². The first-order valence-corrected chi connectivity index (χ1v) is 12.3. The summed E-state index contributed by atoms with van der Waals surface area (Å²) < 4.78 is 12.2. The number of hydrogen-bond donors (Lipinski definition) is 1. The number of carbonyl (C=O) groups is 1. The Morgan fingerprint density at radius 3 is 2.79 bits per heavy atom. The number of anilines is 1. The lowest BCUT2D eigenvalue weighted by Crippen LogP contribution is -2.08. The van der Waals surface area contributed by atoms with E-state index in [0.29, 0.717) is 28.7 Å². The zero-order valence-corrected chi connectivity index (χ0v) is 20.6. The normalized spacial score (nSPS) is 12.8. The number of aryl methyl sites for hydroxylation is 1. The summed E-state index contributed by atoms with van der Waals surface area (Å²) in [5, 5.41) is 13.1. The molecule has 1 heterocycles. The van der Waals surface area contributed by atoms with Gasteiger partial charge in [-0.05, 0) is 76.5 Å². The van der Waals surface area contributed by atoms with Crippen molar-refractivity contribution in [2.45, 2.75) is 32.3 Å². The van der Waals surface area contributed by atoms with Gasteiger partial charge in [-0.3, -0.25) is 4.79 Å². The van der Waals surface area contributed by atoms with E-state index in [4.69, 9.17) is 9.47 Å². The van der Waals surface area contributed by atoms with E-state index in [9.17, 15) is 10.1 Å². The predicted molar refractivity (Wildman–Crippen MR) is 135 cm³/mol. The molecule has 33 heavy (non-hydrogen) atoms. The molecule has 0 saturated heterocycles. The molecule has 1 aliphatic rings. The van der Waals surface area contributed by atoms with Crippen LogP contribution in [0.4, 0.5) is 5.00 Å². The van der Waals surface area contributed by atoms with Gasteiger partial charge >= 0.3 is 0 Å². The number of carbonyl (C=O) groups excluding carboxylic acids is 1. The third-order valence-corrected chi connectivity index (χ3v) is 7.22. The number of nitriles is 1. The third-order valence-electron chi connectivity index (χ3n) is 5.42. The van der Waals surface area contributed by atoms with Gasteiger partial charge in [-0.25, -0.2) is 0 Å². The van der Waals surface area contributed by atoms with Crippen LogP contribution in [0, 0.1) is 11.3 Å². The number of nitrogens with one attached hydrogen (secondary N) is 1. The van der Waals surface area contributed by atoms with Gasteiger partial charge in [0, 0.05) is 11.0 Å². The second-order valence-electron chi connectivity index (χ2n) is 7.66. The number of nitrogens with zero attached hydrogens (tertiary/aromatic N) is 1. The fraction of sp³-hybridized carbons (Fsp3) is 0.231. The molecule has 0 atom stereocenters. The van der Waals surface area contributed by atoms with Crippen LogP contribution in [-0.4, -0.2) is 13.0 Å². The number of methoxy groups -OCH3 is 1. The molecule has 2 aromatic carbocycles. The van der Waals surface area contributed by atoms with E-state index in [2.05, 4.69) is 27.3 Å². The molecule has 1 amide bonds. The molecule has 3 aromatic rings. The van der Waals surface area contributed by atoms with Gasteiger partial charge in [0.2, 0.25) is 5.91 Å². The van der Waals surface area contributed by atoms with Crippen molar-refractivity contribution in [3.8, 4) is 17.6 Å². The Bertz CT molecular complexity index is 1230. The second kappa shape index (κ2) is 10.7. The maximum absolute atomic E-state index is 12.6. The lowest BCUT2D eigenvalue weighted by molar-refractivity contribution is -0.111. The van der Waals surface area contributed by atoms with E-state index in [1.165, 1.54) is 22.3 Å². The van der Waals surface area contributed by atoms with Gasteiger partial charge in [0.05, 0.1) is 17.1 Å². The van der Waals surface area contributed by atoms with Crippen LogP contribution in [0.15, 0.2) is 53.0 Å². The first kappa shape index (κ1) is 23.1. The standard InChI is InChI=1S/C26H23BrN2O3S/c1-31-22-14-18(13-21(27)25(22)32-16-17-7-3-2-4-8-17)11-12-24(30)29-26-20(15-28)19-9-5-6-10-23(19)33-26/h2-4,7-8,11-14H,5-6,9-10,16H2,1H3,(H,29,30)/b12-11+. The van der Waals surface area contributed by atoms with E-state index in [1.54, 1.807) is 13.2 Å². The van der Waals surface area contributed by atoms with Crippen LogP contribution in [0.3, 0.4) is 0 Å². The van der Waals surface area contributed by atoms with Crippen molar-refractivity contribution in [2.75, 3.05) is 12.4 Å². The molecular weight excluding hydrogens is 500 g/mol. The molecule has 0 saturated carbocycles. The summed E-state index contributed by atoms with van der Waals surface area (Å²) in [6, 6.07) is 15.9. The predicted octanol–water partition coefficient (Wildman–Crippen LogP) is 6.50. The van der Waals surface area contributed by atoms with Crippen molar-refractivity contribution in [2.24, 2.45) is 0 Å². The SMILES string of the molecule is COc1cc(/C=C/C(=O)Nc2sc3c(c2C#N)CCCC3)cc(Br)c1OCc1ccccc1. The van der Waals surface area contributed by atoms with E-state index in [-0.39, 0.29) is 5.91 Å². The molecule has 1 aliphatic carbocycles. The number of ether oxygens (including phenoxy) is 2. The van der Waals surface area contributed by atoms with Crippen LogP contribution in [-0.2, 0) is 24.2 Å². The van der Waals surface area contributed by atoms with Gasteiger partial charge in [-0.2, -0.15) is 5.26 Å². The average molecular weight is 523 g/mol. The number of amides is 1. The maximum atomic E-state index is 12.6. The Labute approximate surface area is 205 Å². The highest BCUT2D eigenvalue weighted by molar-refractivity contribution is 9.10. The number of benzene rings is 2. The molecule has 168 valence electrons. The Morgan fingerprint density at radius 1 is 1.24 bits per heavy atom. The van der Waals surface area contributed by atoms with Crippen LogP contribution in [0.5, 0.6) is 11.5 Å². The van der Waals surface area contributed by atoms with Gasteiger partial charge < -0.3 is 14.8 Å². The van der Waals surface area contributed by atoms with Crippen molar-refractivity contribution in [3.05, 3.63) is 80.1 Å². The lowest BCUT2D eigenvalue weighted by atomic mass is 9.96. The number of rotatable bonds is 7. The van der Waals surface area contributed by atoms with Crippen molar-refractivity contribution in [3.63, 3.8) is 0 Å². The van der Waals surface area contributed by atoms with Crippen LogP contribution in [0.2, 0.25) is 0 Å². The zero-order valence-electron chi connectivity index (χ0n) is 18.2. The molecule has 0 aliphatic heterocycles. The maximum Gasteiger partial charge on any atom is 0.249 e. The lowest BCUT2D eigenvalue weighted by Gasteiger charge is -2.13. The molecule has 1 aromatic heterocycles. The largest absolute Gasteiger partial charge is 0.493 e. The highest BCUT2D eigenvalue weighted by atomic mass is 79.9. The topological polar surface area (TPSA) is 71.3 Å². The van der Waals surface area contributed by atoms with E-state index >= 15 is 0 Å². The third kappa shape index (κ3) is 5.47. The minimum atomic E-state index is -0.274. The van der Waals surface area contributed by atoms with Gasteiger partial charge in [-0.15, -0.1) is 11.3 Å². The fourth-order valence-electron chi connectivity index (χ4n) is 3.80. The summed E-state index contributed by atoms with van der Waals surface area (Å²) in [6.45, 7) is 0.416. The molecule has 0 bridgehead atoms. The summed E-state index contributed by atoms with van der Waals surface area (Å²) in [5.41, 5.74) is 3.56. The van der Waals surface area contributed by atoms with Crippen molar-refractivity contribution < 1.29 is 14.3 Å². The number of halogens is 1. The van der Waals surface area contributed by atoms with Crippen LogP contribution in [0.25, 0.3) is 6.08 Å². The Morgan fingerprint density at radius 2 is 2.03 bits per heavy atom. The summed E-state index contributed by atoms with van der Waals surface area (Å²) >= 11 is 5.07. The Balaban J connectivity index is 1.47. The van der Waals surface area contributed by atoms with Crippen LogP contribution < -0.4 is 14.8 Å². The van der Waals surface area contributed by atoms with Crippen molar-refractivity contribution in [1.82, 2.24) is 0 Å². The minimum absolute atomic E-state index is 0.274. The molecule has 0 fully saturated rings. The van der Waals surface area contributed by atoms with E-state index in [0.717, 1.165) is 46.8 Å². The van der Waals surface area contributed by atoms with Gasteiger partial charge in [-0.1, -0.05) is 30.3 Å². The molecule has 1 N–H and O–H groups in total. The molecule has 5 nitrogen and oxygen atoms in total. The summed E-state index contributed by atoms with van der Waals surface area (Å²) in [7, 11) is 1.58. The molecular formula is C26H23BrN2O3S. The van der Waals surface area contributed by atoms with E-state index < -0.39 is 0 Å². The molecule has 0 spiro atoms. The van der Waals surface area contributed by atoms with Gasteiger partial charge in [0.1, 0.15) is 17.7 Å². The highest BCUT2D eigenvalue weighted by Gasteiger charge is 2.21. The average Bonchev–Trinajstić information content (AvgIpc) is 3.19. The summed E-state index contributed by atoms with van der Waals surface area (Å²) in [4.78, 5) is 13.8. The van der Waals surface area contributed by atoms with Gasteiger partial charge in [0.15, 0.2) is 11.5 Å². The minimum Gasteiger partial charge on any atom is -0.493 e. The fourth-order valence-corrected chi connectivity index (χ4v) is 5.62. The Kier molecular flexibility index (Phi) is 7.48. The monoisotopic (exact) mass is 522 g/mol. The molecule has 0 radical (unpaired) electrons. The second-order valence-corrected chi connectivity index (χ2v) is 9.62. The number of hydrogen-bond acceptors (Lipinski definition) is 5. The van der Waals surface area contributed by atoms with Crippen LogP contribution in [0.1, 0.15) is 40.0 Å². The van der Waals surface area contributed by atoms with E-state index in [1.807, 2.05) is 42.5 Å². The first-order chi connectivity index (χ1) is 16.1. The number of thiophene rings is 1. The smallest absolute Gasteiger partial charge is 0.249 e. The summed E-state index contributed by atoms with van der Waals surface area (Å²) in [6.07, 6.45) is 7.29. The number of fused-ring (bicyclic) bond motifs is 1. The highest BCUT2D eigenvalue weighted by Crippen LogP contribution is 2.39. The zero-order chi connectivity index (χ0) is 23.2. The quantitative estimate of drug-likeness (QED) is 0.359. The Hall–Kier alpha value is -3.08. The molecule has 7 heteroatoms. The first-order valence-electron chi connectivity index (χ1n) is 10.7. The summed E-state index contributed by atoms with van der Waals surface area (Å²) in [5.74, 6) is 0.897. The van der Waals surface area contributed by atoms with Crippen molar-refractivity contribution in [1.29, 1.82) is 5.26 Å².